The van der Waals surface area contributed by atoms with Gasteiger partial charge < -0.3 is 9.64 Å². The molecule has 1 fully saturated rings. The summed E-state index contributed by atoms with van der Waals surface area (Å²) < 4.78 is 31.3. The smallest absolute Gasteiger partial charge is 0.224 e. The molecule has 1 aromatic carbocycles. The Morgan fingerprint density at radius 3 is 2.42 bits per heavy atom. The van der Waals surface area contributed by atoms with Gasteiger partial charge in [0, 0.05) is 32.1 Å². The van der Waals surface area contributed by atoms with Gasteiger partial charge in [0.2, 0.25) is 15.9 Å². The van der Waals surface area contributed by atoms with Crippen molar-refractivity contribution in [3.63, 3.8) is 0 Å². The van der Waals surface area contributed by atoms with Gasteiger partial charge in [0.15, 0.2) is 0 Å². The fourth-order valence-electron chi connectivity index (χ4n) is 2.65. The van der Waals surface area contributed by atoms with Crippen LogP contribution < -0.4 is 0 Å². The number of carbonyl (C=O) groups excluding carboxylic acids is 1. The number of hydrogen-bond acceptors (Lipinski definition) is 4. The first-order valence-electron chi connectivity index (χ1n) is 8.29. The lowest BCUT2D eigenvalue weighted by atomic mass is 10.2. The molecule has 1 saturated heterocycles. The number of carbonyl (C=O) groups is 1. The number of amides is 1. The van der Waals surface area contributed by atoms with Gasteiger partial charge in [-0.1, -0.05) is 30.3 Å². The summed E-state index contributed by atoms with van der Waals surface area (Å²) in [5, 5.41) is 0. The van der Waals surface area contributed by atoms with E-state index in [-0.39, 0.29) is 24.1 Å². The van der Waals surface area contributed by atoms with E-state index in [9.17, 15) is 13.2 Å². The topological polar surface area (TPSA) is 66.9 Å². The molecule has 0 radical (unpaired) electrons. The van der Waals surface area contributed by atoms with Crippen LogP contribution in [0.4, 0.5) is 0 Å². The molecule has 1 heterocycles. The Morgan fingerprint density at radius 1 is 1.21 bits per heavy atom. The Bertz CT molecular complexity index is 625. The van der Waals surface area contributed by atoms with Crippen LogP contribution in [0.15, 0.2) is 30.3 Å². The van der Waals surface area contributed by atoms with Gasteiger partial charge in [0.25, 0.3) is 0 Å². The highest BCUT2D eigenvalue weighted by Gasteiger charge is 2.26. The van der Waals surface area contributed by atoms with E-state index in [2.05, 4.69) is 0 Å². The first-order valence-corrected chi connectivity index (χ1v) is 9.90. The average Bonchev–Trinajstić information content (AvgIpc) is 2.59. The molecular formula is C17H26N2O4S. The average molecular weight is 354 g/mol. The molecule has 1 aliphatic rings. The van der Waals surface area contributed by atoms with E-state index in [1.165, 1.54) is 4.31 Å². The zero-order chi connectivity index (χ0) is 17.6. The molecule has 1 aromatic rings. The Kier molecular flexibility index (Phi) is 6.77. The minimum Gasteiger partial charge on any atom is -0.379 e. The molecule has 0 N–H and O–H groups in total. The molecule has 6 nitrogen and oxygen atoms in total. The Labute approximate surface area is 144 Å². The van der Waals surface area contributed by atoms with Crippen molar-refractivity contribution in [2.24, 2.45) is 0 Å². The van der Waals surface area contributed by atoms with Gasteiger partial charge in [-0.25, -0.2) is 8.42 Å². The van der Waals surface area contributed by atoms with Gasteiger partial charge in [0.05, 0.1) is 19.0 Å². The number of ether oxygens (including phenoxy) is 1. The summed E-state index contributed by atoms with van der Waals surface area (Å²) >= 11 is 0. The Hall–Kier alpha value is -1.44. The Morgan fingerprint density at radius 2 is 1.83 bits per heavy atom. The van der Waals surface area contributed by atoms with E-state index in [4.69, 9.17) is 4.74 Å². The van der Waals surface area contributed by atoms with Crippen molar-refractivity contribution in [1.82, 2.24) is 9.21 Å². The van der Waals surface area contributed by atoms with Gasteiger partial charge >= 0.3 is 0 Å². The number of sulfonamides is 1. The van der Waals surface area contributed by atoms with Gasteiger partial charge in [0.1, 0.15) is 0 Å². The van der Waals surface area contributed by atoms with E-state index in [1.807, 2.05) is 44.2 Å². The number of nitrogens with zero attached hydrogens (tertiary/aromatic N) is 2. The van der Waals surface area contributed by atoms with Crippen LogP contribution >= 0.6 is 0 Å². The second kappa shape index (κ2) is 8.60. The summed E-state index contributed by atoms with van der Waals surface area (Å²) in [5.41, 5.74) is 1.04. The van der Waals surface area contributed by atoms with E-state index >= 15 is 0 Å². The van der Waals surface area contributed by atoms with Crippen molar-refractivity contribution < 1.29 is 17.9 Å². The van der Waals surface area contributed by atoms with Crippen LogP contribution in [0.5, 0.6) is 0 Å². The van der Waals surface area contributed by atoms with Crippen molar-refractivity contribution in [2.45, 2.75) is 32.9 Å². The highest BCUT2D eigenvalue weighted by atomic mass is 32.2. The summed E-state index contributed by atoms with van der Waals surface area (Å²) in [6.07, 6.45) is 0.00467. The molecule has 0 saturated carbocycles. The number of benzene rings is 1. The van der Waals surface area contributed by atoms with Gasteiger partial charge in [-0.2, -0.15) is 4.31 Å². The van der Waals surface area contributed by atoms with Crippen LogP contribution in [0.1, 0.15) is 25.8 Å². The Balaban J connectivity index is 1.95. The second-order valence-electron chi connectivity index (χ2n) is 6.18. The van der Waals surface area contributed by atoms with Crippen molar-refractivity contribution >= 4 is 15.9 Å². The molecule has 2 rings (SSSR count). The van der Waals surface area contributed by atoms with Gasteiger partial charge in [-0.15, -0.1) is 0 Å². The number of hydrogen-bond donors (Lipinski definition) is 0. The standard InChI is InChI=1S/C17H26N2O4S/c1-15(2)19(14-16-6-4-3-5-7-16)17(20)8-13-24(21,22)18-9-11-23-12-10-18/h3-7,15H,8-14H2,1-2H3. The monoisotopic (exact) mass is 354 g/mol. The van der Waals surface area contributed by atoms with Crippen molar-refractivity contribution in [3.8, 4) is 0 Å². The molecule has 134 valence electrons. The fraction of sp³-hybridized carbons (Fsp3) is 0.588. The largest absolute Gasteiger partial charge is 0.379 e. The molecule has 1 aliphatic heterocycles. The van der Waals surface area contributed by atoms with Crippen LogP contribution in [-0.4, -0.2) is 61.6 Å². The van der Waals surface area contributed by atoms with Crippen LogP contribution in [0.3, 0.4) is 0 Å². The van der Waals surface area contributed by atoms with Gasteiger partial charge in [-0.05, 0) is 19.4 Å². The lowest BCUT2D eigenvalue weighted by Gasteiger charge is -2.28. The minimum atomic E-state index is -3.40. The second-order valence-corrected chi connectivity index (χ2v) is 8.27. The maximum Gasteiger partial charge on any atom is 0.224 e. The third kappa shape index (κ3) is 5.29. The zero-order valence-electron chi connectivity index (χ0n) is 14.3. The van der Waals surface area contributed by atoms with Crippen molar-refractivity contribution in [1.29, 1.82) is 0 Å². The molecule has 0 atom stereocenters. The number of morpholine rings is 1. The third-order valence-electron chi connectivity index (χ3n) is 4.08. The van der Waals surface area contributed by atoms with E-state index in [0.717, 1.165) is 5.56 Å². The third-order valence-corrected chi connectivity index (χ3v) is 5.95. The quantitative estimate of drug-likeness (QED) is 0.744. The van der Waals surface area contributed by atoms with E-state index in [0.29, 0.717) is 32.8 Å². The summed E-state index contributed by atoms with van der Waals surface area (Å²) in [5.74, 6) is -0.283. The van der Waals surface area contributed by atoms with Gasteiger partial charge in [-0.3, -0.25) is 4.79 Å². The zero-order valence-corrected chi connectivity index (χ0v) is 15.2. The predicted octanol–water partition coefficient (Wildman–Crippen LogP) is 1.48. The molecular weight excluding hydrogens is 328 g/mol. The van der Waals surface area contributed by atoms with Crippen LogP contribution in [-0.2, 0) is 26.1 Å². The maximum atomic E-state index is 12.5. The minimum absolute atomic E-state index is 0.00467. The van der Waals surface area contributed by atoms with E-state index in [1.54, 1.807) is 4.90 Å². The molecule has 0 bridgehead atoms. The predicted molar refractivity (Wildman–Crippen MR) is 92.9 cm³/mol. The van der Waals surface area contributed by atoms with Crippen molar-refractivity contribution in [3.05, 3.63) is 35.9 Å². The highest BCUT2D eigenvalue weighted by molar-refractivity contribution is 7.89. The molecule has 0 aromatic heterocycles. The summed E-state index contributed by atoms with van der Waals surface area (Å²) in [6.45, 7) is 5.95. The molecule has 24 heavy (non-hydrogen) atoms. The van der Waals surface area contributed by atoms with E-state index < -0.39 is 10.0 Å². The SMILES string of the molecule is CC(C)N(Cc1ccccc1)C(=O)CCS(=O)(=O)N1CCOCC1. The molecule has 0 unspecified atom stereocenters. The summed E-state index contributed by atoms with van der Waals surface area (Å²) in [6, 6.07) is 9.74. The fourth-order valence-corrected chi connectivity index (χ4v) is 4.05. The highest BCUT2D eigenvalue weighted by Crippen LogP contribution is 2.12. The normalized spacial score (nSPS) is 16.3. The van der Waals surface area contributed by atoms with Crippen LogP contribution in [0, 0.1) is 0 Å². The molecule has 7 heteroatoms. The number of rotatable bonds is 7. The first-order chi connectivity index (χ1) is 11.4. The summed E-state index contributed by atoms with van der Waals surface area (Å²) in [4.78, 5) is 14.3. The van der Waals surface area contributed by atoms with Crippen molar-refractivity contribution in [2.75, 3.05) is 32.1 Å². The molecule has 1 amide bonds. The molecule has 0 aliphatic carbocycles. The lowest BCUT2D eigenvalue weighted by molar-refractivity contribution is -0.133. The maximum absolute atomic E-state index is 12.5. The summed E-state index contributed by atoms with van der Waals surface area (Å²) in [7, 11) is -3.40. The van der Waals surface area contributed by atoms with Crippen LogP contribution in [0.2, 0.25) is 0 Å². The molecule has 0 spiro atoms. The first kappa shape index (κ1) is 18.9. The lowest BCUT2D eigenvalue weighted by Crippen LogP contribution is -2.43. The van der Waals surface area contributed by atoms with Crippen LogP contribution in [0.25, 0.3) is 0 Å².